The minimum atomic E-state index is -3.99. The van der Waals surface area contributed by atoms with Gasteiger partial charge in [-0.25, -0.2) is 21.8 Å². The maximum atomic E-state index is 13.5. The molecule has 1 aromatic carbocycles. The van der Waals surface area contributed by atoms with Crippen LogP contribution in [0.15, 0.2) is 47.6 Å². The third kappa shape index (κ3) is 2.57. The number of non-ortho nitro benzene ring substituents is 1. The zero-order valence-corrected chi connectivity index (χ0v) is 14.2. The van der Waals surface area contributed by atoms with E-state index < -0.39 is 20.8 Å². The third-order valence-electron chi connectivity index (χ3n) is 3.18. The molecule has 0 bridgehead atoms. The molecule has 0 spiro atoms. The minimum absolute atomic E-state index is 0.0918. The van der Waals surface area contributed by atoms with E-state index in [2.05, 4.69) is 4.98 Å². The Kier molecular flexibility index (Phi) is 3.80. The molecule has 0 aliphatic heterocycles. The van der Waals surface area contributed by atoms with Gasteiger partial charge in [0, 0.05) is 23.7 Å². The smallest absolute Gasteiger partial charge is 0.258 e. The number of rotatable bonds is 3. The molecule has 23 heavy (non-hydrogen) atoms. The summed E-state index contributed by atoms with van der Waals surface area (Å²) in [4.78, 5) is 13.7. The van der Waals surface area contributed by atoms with Gasteiger partial charge in [-0.2, -0.15) is 0 Å². The van der Waals surface area contributed by atoms with E-state index >= 15 is 0 Å². The summed E-state index contributed by atoms with van der Waals surface area (Å²) >= 11 is 1.77. The molecule has 10 heteroatoms. The van der Waals surface area contributed by atoms with Gasteiger partial charge in [-0.1, -0.05) is 0 Å². The van der Waals surface area contributed by atoms with Crippen molar-refractivity contribution in [3.05, 3.63) is 62.2 Å². The first kappa shape index (κ1) is 15.8. The number of aromatic nitrogens is 2. The number of halogens is 2. The number of pyridine rings is 1. The van der Waals surface area contributed by atoms with Crippen LogP contribution in [0.5, 0.6) is 0 Å². The number of hydrogen-bond donors (Lipinski definition) is 0. The largest absolute Gasteiger partial charge is 0.269 e. The zero-order chi connectivity index (χ0) is 16.8. The summed E-state index contributed by atoms with van der Waals surface area (Å²) in [6, 6.07) is 5.96. The van der Waals surface area contributed by atoms with Crippen LogP contribution in [0.3, 0.4) is 0 Å². The molecule has 0 aliphatic rings. The number of nitro groups is 1. The summed E-state index contributed by atoms with van der Waals surface area (Å²) in [6.45, 7) is 0. The Hall–Kier alpha value is -2.08. The van der Waals surface area contributed by atoms with E-state index in [9.17, 15) is 22.9 Å². The molecule has 0 saturated heterocycles. The van der Waals surface area contributed by atoms with E-state index in [-0.39, 0.29) is 19.8 Å². The molecule has 0 saturated carbocycles. The van der Waals surface area contributed by atoms with Crippen LogP contribution < -0.4 is 0 Å². The molecule has 3 rings (SSSR count). The van der Waals surface area contributed by atoms with Gasteiger partial charge in [-0.3, -0.25) is 10.1 Å². The Morgan fingerprint density at radius 2 is 1.87 bits per heavy atom. The van der Waals surface area contributed by atoms with E-state index in [0.717, 1.165) is 34.4 Å². The van der Waals surface area contributed by atoms with Gasteiger partial charge < -0.3 is 0 Å². The number of nitro benzene ring substituents is 1. The highest BCUT2D eigenvalue weighted by Crippen LogP contribution is 2.26. The molecule has 118 valence electrons. The van der Waals surface area contributed by atoms with E-state index in [0.29, 0.717) is 5.39 Å². The van der Waals surface area contributed by atoms with Gasteiger partial charge in [-0.05, 0) is 40.8 Å². The molecular weight excluding hydrogens is 440 g/mol. The second-order valence-corrected chi connectivity index (χ2v) is 7.42. The average Bonchev–Trinajstić information content (AvgIpc) is 2.96. The van der Waals surface area contributed by atoms with Crippen molar-refractivity contribution in [1.29, 1.82) is 0 Å². The van der Waals surface area contributed by atoms with Crippen LogP contribution in [-0.4, -0.2) is 22.3 Å². The maximum absolute atomic E-state index is 13.5. The molecule has 2 aromatic heterocycles. The molecule has 0 amide bonds. The molecule has 0 N–H and O–H groups in total. The first-order valence-electron chi connectivity index (χ1n) is 6.13. The highest BCUT2D eigenvalue weighted by molar-refractivity contribution is 14.1. The highest BCUT2D eigenvalue weighted by Gasteiger charge is 2.22. The third-order valence-corrected chi connectivity index (χ3v) is 5.95. The van der Waals surface area contributed by atoms with Crippen LogP contribution in [0.1, 0.15) is 0 Å². The topological polar surface area (TPSA) is 95.1 Å². The predicted molar refractivity (Wildman–Crippen MR) is 88.1 cm³/mol. The van der Waals surface area contributed by atoms with Crippen molar-refractivity contribution in [2.24, 2.45) is 0 Å². The van der Waals surface area contributed by atoms with E-state index in [1.807, 2.05) is 0 Å². The lowest BCUT2D eigenvalue weighted by molar-refractivity contribution is -0.384. The summed E-state index contributed by atoms with van der Waals surface area (Å²) in [5, 5.41) is 11.0. The molecular formula is C13H7FIN3O4S. The van der Waals surface area contributed by atoms with Gasteiger partial charge in [0.25, 0.3) is 15.7 Å². The monoisotopic (exact) mass is 447 g/mol. The standard InChI is InChI=1S/C13H7FIN3O4S/c14-11-7-16-13-10(12(11)15)5-6-17(13)23(21,22)9-3-1-8(2-4-9)18(19)20/h1-7H. The Morgan fingerprint density at radius 1 is 1.22 bits per heavy atom. The molecule has 3 aromatic rings. The summed E-state index contributed by atoms with van der Waals surface area (Å²) in [5.74, 6) is -0.538. The lowest BCUT2D eigenvalue weighted by atomic mass is 10.3. The quantitative estimate of drug-likeness (QED) is 0.350. The highest BCUT2D eigenvalue weighted by atomic mass is 127. The van der Waals surface area contributed by atoms with E-state index in [1.54, 1.807) is 22.6 Å². The Balaban J connectivity index is 2.17. The molecule has 0 aliphatic carbocycles. The van der Waals surface area contributed by atoms with Gasteiger partial charge in [0.15, 0.2) is 11.5 Å². The van der Waals surface area contributed by atoms with Crippen molar-refractivity contribution < 1.29 is 17.7 Å². The zero-order valence-electron chi connectivity index (χ0n) is 11.2. The van der Waals surface area contributed by atoms with Crippen LogP contribution in [0.2, 0.25) is 0 Å². The predicted octanol–water partition coefficient (Wildman–Crippen LogP) is 2.93. The molecule has 7 nitrogen and oxygen atoms in total. The van der Waals surface area contributed by atoms with Crippen molar-refractivity contribution in [3.63, 3.8) is 0 Å². The van der Waals surface area contributed by atoms with Gasteiger partial charge >= 0.3 is 0 Å². The second-order valence-electron chi connectivity index (χ2n) is 4.53. The number of hydrogen-bond acceptors (Lipinski definition) is 5. The Bertz CT molecular complexity index is 1030. The lowest BCUT2D eigenvalue weighted by Gasteiger charge is -2.07. The number of nitrogens with zero attached hydrogens (tertiary/aromatic N) is 3. The fourth-order valence-corrected chi connectivity index (χ4v) is 3.92. The van der Waals surface area contributed by atoms with Gasteiger partial charge in [0.1, 0.15) is 0 Å². The lowest BCUT2D eigenvalue weighted by Crippen LogP contribution is -2.12. The summed E-state index contributed by atoms with van der Waals surface area (Å²) < 4.78 is 40.0. The first-order valence-corrected chi connectivity index (χ1v) is 8.65. The van der Waals surface area contributed by atoms with Crippen LogP contribution in [-0.2, 0) is 10.0 Å². The van der Waals surface area contributed by atoms with Gasteiger partial charge in [0.2, 0.25) is 0 Å². The average molecular weight is 447 g/mol. The van der Waals surface area contributed by atoms with Crippen LogP contribution in [0, 0.1) is 19.5 Å². The number of benzene rings is 1. The van der Waals surface area contributed by atoms with Crippen LogP contribution >= 0.6 is 22.6 Å². The van der Waals surface area contributed by atoms with Crippen molar-refractivity contribution in [2.75, 3.05) is 0 Å². The van der Waals surface area contributed by atoms with Crippen molar-refractivity contribution in [1.82, 2.24) is 8.96 Å². The first-order chi connectivity index (χ1) is 10.8. The van der Waals surface area contributed by atoms with Gasteiger partial charge in [0.05, 0.1) is 19.6 Å². The van der Waals surface area contributed by atoms with E-state index in [4.69, 9.17) is 0 Å². The molecule has 0 radical (unpaired) electrons. The Labute approximate surface area is 143 Å². The SMILES string of the molecule is O=[N+]([O-])c1ccc(S(=O)(=O)n2ccc3c(I)c(F)cnc32)cc1. The fraction of sp³-hybridized carbons (Fsp3) is 0. The van der Waals surface area contributed by atoms with Crippen LogP contribution in [0.4, 0.5) is 10.1 Å². The van der Waals surface area contributed by atoms with Crippen molar-refractivity contribution in [2.45, 2.75) is 4.90 Å². The summed E-state index contributed by atoms with van der Waals surface area (Å²) in [5.41, 5.74) is -0.120. The second kappa shape index (κ2) is 5.53. The molecule has 2 heterocycles. The minimum Gasteiger partial charge on any atom is -0.258 e. The maximum Gasteiger partial charge on any atom is 0.269 e. The molecule has 0 atom stereocenters. The van der Waals surface area contributed by atoms with Crippen molar-refractivity contribution in [3.8, 4) is 0 Å². The van der Waals surface area contributed by atoms with Gasteiger partial charge in [-0.15, -0.1) is 0 Å². The molecule has 0 unspecified atom stereocenters. The van der Waals surface area contributed by atoms with E-state index in [1.165, 1.54) is 12.3 Å². The summed E-state index contributed by atoms with van der Waals surface area (Å²) in [6.07, 6.45) is 2.22. The Morgan fingerprint density at radius 3 is 2.48 bits per heavy atom. The number of fused-ring (bicyclic) bond motifs is 1. The normalized spacial score (nSPS) is 11.7. The molecule has 0 fully saturated rings. The summed E-state index contributed by atoms with van der Waals surface area (Å²) in [7, 11) is -3.99. The van der Waals surface area contributed by atoms with Crippen LogP contribution in [0.25, 0.3) is 11.0 Å². The fourth-order valence-electron chi connectivity index (χ4n) is 2.05. The van der Waals surface area contributed by atoms with Crippen molar-refractivity contribution >= 4 is 49.3 Å².